The maximum absolute atomic E-state index is 2.33. The van der Waals surface area contributed by atoms with Crippen LogP contribution in [0.25, 0.3) is 0 Å². The summed E-state index contributed by atoms with van der Waals surface area (Å²) >= 11 is 2.10. The molecule has 2 atom stereocenters. The number of hydrogen-bond donors (Lipinski definition) is 0. The summed E-state index contributed by atoms with van der Waals surface area (Å²) in [6.45, 7) is 6.98. The normalized spacial score (nSPS) is 27.3. The van der Waals surface area contributed by atoms with Gasteiger partial charge in [0, 0.05) is 10.5 Å². The van der Waals surface area contributed by atoms with E-state index in [1.54, 1.807) is 0 Å². The Morgan fingerprint density at radius 2 is 1.69 bits per heavy atom. The highest BCUT2D eigenvalue weighted by atomic mass is 32.2. The predicted octanol–water partition coefficient (Wildman–Crippen LogP) is 3.89. The van der Waals surface area contributed by atoms with E-state index in [1.165, 1.54) is 5.56 Å². The van der Waals surface area contributed by atoms with Gasteiger partial charge in [-0.25, -0.2) is 0 Å². The lowest BCUT2D eigenvalue weighted by Crippen LogP contribution is -2.13. The lowest BCUT2D eigenvalue weighted by Gasteiger charge is -2.16. The average molecular weight is 192 g/mol. The first-order chi connectivity index (χ1) is 6.09. The Morgan fingerprint density at radius 1 is 1.08 bits per heavy atom. The van der Waals surface area contributed by atoms with Gasteiger partial charge in [-0.05, 0) is 11.0 Å². The van der Waals surface area contributed by atoms with E-state index in [0.717, 1.165) is 10.5 Å². The molecular formula is C12H16S. The molecule has 1 heterocycles. The summed E-state index contributed by atoms with van der Waals surface area (Å²) in [4.78, 5) is 0. The highest BCUT2D eigenvalue weighted by molar-refractivity contribution is 8.07. The summed E-state index contributed by atoms with van der Waals surface area (Å²) in [5.74, 6) is 0. The zero-order chi connectivity index (χ0) is 9.47. The average Bonchev–Trinajstić information content (AvgIpc) is 2.83. The van der Waals surface area contributed by atoms with Crippen molar-refractivity contribution >= 4 is 11.8 Å². The van der Waals surface area contributed by atoms with Gasteiger partial charge in [-0.2, -0.15) is 0 Å². The van der Waals surface area contributed by atoms with Crippen LogP contribution >= 0.6 is 11.8 Å². The largest absolute Gasteiger partial charge is 0.147 e. The molecule has 1 aromatic rings. The standard InChI is InChI=1S/C12H16S/c1-12(2,3)11-10(13-11)9-7-5-4-6-8-9/h4-8,10-11H,1-3H3. The number of benzene rings is 1. The third-order valence-electron chi connectivity index (χ3n) is 2.47. The minimum atomic E-state index is 0.450. The van der Waals surface area contributed by atoms with Crippen LogP contribution < -0.4 is 0 Å². The van der Waals surface area contributed by atoms with Gasteiger partial charge in [0.25, 0.3) is 0 Å². The molecule has 1 aliphatic rings. The van der Waals surface area contributed by atoms with Crippen LogP contribution in [0, 0.1) is 5.41 Å². The van der Waals surface area contributed by atoms with Gasteiger partial charge in [-0.15, -0.1) is 11.8 Å². The van der Waals surface area contributed by atoms with Gasteiger partial charge in [-0.3, -0.25) is 0 Å². The Balaban J connectivity index is 2.09. The first-order valence-corrected chi connectivity index (χ1v) is 5.74. The Kier molecular flexibility index (Phi) is 2.15. The quantitative estimate of drug-likeness (QED) is 0.608. The molecule has 2 rings (SSSR count). The molecule has 2 unspecified atom stereocenters. The summed E-state index contributed by atoms with van der Waals surface area (Å²) in [6, 6.07) is 10.8. The van der Waals surface area contributed by atoms with Crippen LogP contribution in [0.3, 0.4) is 0 Å². The van der Waals surface area contributed by atoms with Gasteiger partial charge >= 0.3 is 0 Å². The van der Waals surface area contributed by atoms with Gasteiger partial charge in [0.05, 0.1) is 0 Å². The molecule has 0 amide bonds. The van der Waals surface area contributed by atoms with Gasteiger partial charge in [0.1, 0.15) is 0 Å². The van der Waals surface area contributed by atoms with Gasteiger partial charge in [0.15, 0.2) is 0 Å². The third-order valence-corrected chi connectivity index (χ3v) is 4.27. The van der Waals surface area contributed by atoms with Crippen molar-refractivity contribution in [1.29, 1.82) is 0 Å². The van der Waals surface area contributed by atoms with Crippen molar-refractivity contribution in [2.45, 2.75) is 31.3 Å². The lowest BCUT2D eigenvalue weighted by molar-refractivity contribution is 0.417. The number of hydrogen-bond acceptors (Lipinski definition) is 1. The summed E-state index contributed by atoms with van der Waals surface area (Å²) in [7, 11) is 0. The third kappa shape index (κ3) is 1.91. The van der Waals surface area contributed by atoms with Crippen molar-refractivity contribution in [3.8, 4) is 0 Å². The van der Waals surface area contributed by atoms with Crippen LogP contribution in [0.15, 0.2) is 30.3 Å². The Morgan fingerprint density at radius 3 is 2.15 bits per heavy atom. The summed E-state index contributed by atoms with van der Waals surface area (Å²) in [5.41, 5.74) is 1.94. The van der Waals surface area contributed by atoms with Crippen LogP contribution in [0.2, 0.25) is 0 Å². The highest BCUT2D eigenvalue weighted by Crippen LogP contribution is 2.61. The zero-order valence-electron chi connectivity index (χ0n) is 8.45. The first kappa shape index (κ1) is 9.14. The molecule has 70 valence electrons. The van der Waals surface area contributed by atoms with Crippen LogP contribution in [0.4, 0.5) is 0 Å². The monoisotopic (exact) mass is 192 g/mol. The minimum Gasteiger partial charge on any atom is -0.147 e. The fourth-order valence-electron chi connectivity index (χ4n) is 1.67. The fourth-order valence-corrected chi connectivity index (χ4v) is 3.18. The second-order valence-corrected chi connectivity index (χ2v) is 6.04. The summed E-state index contributed by atoms with van der Waals surface area (Å²) in [6.07, 6.45) is 0. The van der Waals surface area contributed by atoms with Crippen molar-refractivity contribution < 1.29 is 0 Å². The van der Waals surface area contributed by atoms with E-state index in [9.17, 15) is 0 Å². The van der Waals surface area contributed by atoms with E-state index in [4.69, 9.17) is 0 Å². The van der Waals surface area contributed by atoms with E-state index >= 15 is 0 Å². The lowest BCUT2D eigenvalue weighted by atomic mass is 9.89. The highest BCUT2D eigenvalue weighted by Gasteiger charge is 2.46. The van der Waals surface area contributed by atoms with E-state index in [0.29, 0.717) is 5.41 Å². The molecule has 0 saturated carbocycles. The van der Waals surface area contributed by atoms with Gasteiger partial charge in [0.2, 0.25) is 0 Å². The molecule has 1 saturated heterocycles. The molecule has 0 radical (unpaired) electrons. The SMILES string of the molecule is CC(C)(C)C1SC1c1ccccc1. The van der Waals surface area contributed by atoms with E-state index in [-0.39, 0.29) is 0 Å². The molecule has 0 nitrogen and oxygen atoms in total. The molecule has 13 heavy (non-hydrogen) atoms. The van der Waals surface area contributed by atoms with Crippen LogP contribution in [-0.2, 0) is 0 Å². The van der Waals surface area contributed by atoms with Gasteiger partial charge in [-0.1, -0.05) is 51.1 Å². The van der Waals surface area contributed by atoms with Crippen LogP contribution in [0.5, 0.6) is 0 Å². The van der Waals surface area contributed by atoms with Crippen LogP contribution in [0.1, 0.15) is 31.6 Å². The Bertz CT molecular complexity index is 284. The summed E-state index contributed by atoms with van der Waals surface area (Å²) in [5, 5.41) is 1.57. The Hall–Kier alpha value is -0.430. The van der Waals surface area contributed by atoms with Crippen molar-refractivity contribution in [3.05, 3.63) is 35.9 Å². The first-order valence-electron chi connectivity index (χ1n) is 4.79. The van der Waals surface area contributed by atoms with Crippen molar-refractivity contribution in [2.24, 2.45) is 5.41 Å². The second-order valence-electron chi connectivity index (χ2n) is 4.75. The molecule has 1 aliphatic heterocycles. The molecule has 0 bridgehead atoms. The molecule has 0 aliphatic carbocycles. The topological polar surface area (TPSA) is 0 Å². The molecule has 0 N–H and O–H groups in total. The molecule has 1 aromatic carbocycles. The van der Waals surface area contributed by atoms with Crippen molar-refractivity contribution in [3.63, 3.8) is 0 Å². The van der Waals surface area contributed by atoms with E-state index < -0.39 is 0 Å². The maximum Gasteiger partial charge on any atom is 0.0424 e. The smallest absolute Gasteiger partial charge is 0.0424 e. The molecular weight excluding hydrogens is 176 g/mol. The van der Waals surface area contributed by atoms with E-state index in [1.807, 2.05) is 0 Å². The maximum atomic E-state index is 2.33. The summed E-state index contributed by atoms with van der Waals surface area (Å²) < 4.78 is 0. The number of rotatable bonds is 1. The Labute approximate surface area is 84.7 Å². The van der Waals surface area contributed by atoms with E-state index in [2.05, 4.69) is 62.9 Å². The molecule has 0 spiro atoms. The minimum absolute atomic E-state index is 0.450. The zero-order valence-corrected chi connectivity index (χ0v) is 9.27. The second kappa shape index (κ2) is 3.06. The van der Waals surface area contributed by atoms with Crippen molar-refractivity contribution in [2.75, 3.05) is 0 Å². The number of thioether (sulfide) groups is 1. The predicted molar refractivity (Wildman–Crippen MR) is 60.0 cm³/mol. The molecule has 1 fully saturated rings. The molecule has 0 aromatic heterocycles. The van der Waals surface area contributed by atoms with Gasteiger partial charge < -0.3 is 0 Å². The van der Waals surface area contributed by atoms with Crippen molar-refractivity contribution in [1.82, 2.24) is 0 Å². The van der Waals surface area contributed by atoms with Crippen LogP contribution in [-0.4, -0.2) is 5.25 Å². The fraction of sp³-hybridized carbons (Fsp3) is 0.500. The molecule has 1 heteroatoms.